The summed E-state index contributed by atoms with van der Waals surface area (Å²) in [5.41, 5.74) is 0.751. The summed E-state index contributed by atoms with van der Waals surface area (Å²) in [6.07, 6.45) is 0. The van der Waals surface area contributed by atoms with Gasteiger partial charge in [0.1, 0.15) is 5.82 Å². The van der Waals surface area contributed by atoms with E-state index in [4.69, 9.17) is 11.6 Å². The zero-order chi connectivity index (χ0) is 17.0. The standard InChI is InChI=1S/C17H15ClFNO3/c1-10(17(22)23)15(11-5-3-2-4-6-11)20-16(21)13-8-7-12(19)9-14(13)18/h2-10,15H,1H3,(H,20,21)(H,22,23)/t10-,15-/m0/s1. The van der Waals surface area contributed by atoms with Gasteiger partial charge in [0.25, 0.3) is 5.91 Å². The van der Waals surface area contributed by atoms with Gasteiger partial charge in [-0.1, -0.05) is 41.9 Å². The fourth-order valence-corrected chi connectivity index (χ4v) is 2.45. The molecule has 2 rings (SSSR count). The molecule has 4 nitrogen and oxygen atoms in total. The van der Waals surface area contributed by atoms with Crippen molar-refractivity contribution in [2.45, 2.75) is 13.0 Å². The van der Waals surface area contributed by atoms with Crippen molar-refractivity contribution < 1.29 is 19.1 Å². The highest BCUT2D eigenvalue weighted by atomic mass is 35.5. The molecule has 0 heterocycles. The largest absolute Gasteiger partial charge is 0.481 e. The average Bonchev–Trinajstić information content (AvgIpc) is 2.52. The van der Waals surface area contributed by atoms with E-state index in [0.29, 0.717) is 5.56 Å². The van der Waals surface area contributed by atoms with Crippen molar-refractivity contribution in [1.82, 2.24) is 5.32 Å². The van der Waals surface area contributed by atoms with Crippen LogP contribution < -0.4 is 5.32 Å². The number of benzene rings is 2. The van der Waals surface area contributed by atoms with E-state index in [1.807, 2.05) is 0 Å². The van der Waals surface area contributed by atoms with E-state index in [0.717, 1.165) is 12.1 Å². The summed E-state index contributed by atoms with van der Waals surface area (Å²) in [5, 5.41) is 11.9. The molecule has 0 saturated carbocycles. The van der Waals surface area contributed by atoms with Gasteiger partial charge in [-0.2, -0.15) is 0 Å². The van der Waals surface area contributed by atoms with Crippen molar-refractivity contribution in [3.8, 4) is 0 Å². The summed E-state index contributed by atoms with van der Waals surface area (Å²) >= 11 is 5.88. The first-order valence-corrected chi connectivity index (χ1v) is 7.31. The first kappa shape index (κ1) is 17.0. The summed E-state index contributed by atoms with van der Waals surface area (Å²) in [5.74, 6) is -2.99. The van der Waals surface area contributed by atoms with Crippen LogP contribution in [0, 0.1) is 11.7 Å². The Morgan fingerprint density at radius 2 is 1.83 bits per heavy atom. The Morgan fingerprint density at radius 3 is 2.39 bits per heavy atom. The second-order valence-electron chi connectivity index (χ2n) is 5.11. The Balaban J connectivity index is 2.30. The third-order valence-electron chi connectivity index (χ3n) is 3.51. The molecule has 0 unspecified atom stereocenters. The lowest BCUT2D eigenvalue weighted by Crippen LogP contribution is -2.35. The molecular formula is C17H15ClFNO3. The van der Waals surface area contributed by atoms with Crippen LogP contribution in [0.25, 0.3) is 0 Å². The highest BCUT2D eigenvalue weighted by Crippen LogP contribution is 2.24. The zero-order valence-electron chi connectivity index (χ0n) is 12.3. The number of aliphatic carboxylic acids is 1. The normalized spacial score (nSPS) is 13.2. The van der Waals surface area contributed by atoms with Gasteiger partial charge >= 0.3 is 5.97 Å². The Morgan fingerprint density at radius 1 is 1.17 bits per heavy atom. The number of carboxylic acid groups (broad SMARTS) is 1. The minimum Gasteiger partial charge on any atom is -0.481 e. The first-order valence-electron chi connectivity index (χ1n) is 6.94. The summed E-state index contributed by atoms with van der Waals surface area (Å²) in [6.45, 7) is 1.51. The second kappa shape index (κ2) is 7.24. The van der Waals surface area contributed by atoms with Crippen LogP contribution in [0.5, 0.6) is 0 Å². The zero-order valence-corrected chi connectivity index (χ0v) is 13.0. The molecular weight excluding hydrogens is 321 g/mol. The molecule has 1 amide bonds. The summed E-state index contributed by atoms with van der Waals surface area (Å²) in [4.78, 5) is 23.7. The number of nitrogens with one attached hydrogen (secondary N) is 1. The van der Waals surface area contributed by atoms with Gasteiger partial charge in [0.05, 0.1) is 22.5 Å². The molecule has 2 atom stereocenters. The molecule has 2 aromatic rings. The molecule has 2 N–H and O–H groups in total. The van der Waals surface area contributed by atoms with E-state index in [1.165, 1.54) is 13.0 Å². The highest BCUT2D eigenvalue weighted by molar-refractivity contribution is 6.33. The van der Waals surface area contributed by atoms with E-state index in [1.54, 1.807) is 30.3 Å². The smallest absolute Gasteiger partial charge is 0.308 e. The van der Waals surface area contributed by atoms with Crippen LogP contribution in [0.3, 0.4) is 0 Å². The third kappa shape index (κ3) is 4.07. The van der Waals surface area contributed by atoms with Crippen LogP contribution >= 0.6 is 11.6 Å². The Labute approximate surface area is 137 Å². The monoisotopic (exact) mass is 335 g/mol. The number of carbonyl (C=O) groups is 2. The van der Waals surface area contributed by atoms with Crippen LogP contribution in [0.4, 0.5) is 4.39 Å². The summed E-state index contributed by atoms with van der Waals surface area (Å²) < 4.78 is 13.1. The van der Waals surface area contributed by atoms with Gasteiger partial charge in [-0.3, -0.25) is 9.59 Å². The number of carbonyl (C=O) groups excluding carboxylic acids is 1. The van der Waals surface area contributed by atoms with Crippen molar-refractivity contribution >= 4 is 23.5 Å². The van der Waals surface area contributed by atoms with Crippen LogP contribution in [-0.4, -0.2) is 17.0 Å². The second-order valence-corrected chi connectivity index (χ2v) is 5.52. The van der Waals surface area contributed by atoms with Gasteiger partial charge in [-0.25, -0.2) is 4.39 Å². The fourth-order valence-electron chi connectivity index (χ4n) is 2.19. The lowest BCUT2D eigenvalue weighted by Gasteiger charge is -2.23. The van der Waals surface area contributed by atoms with E-state index >= 15 is 0 Å². The number of halogens is 2. The summed E-state index contributed by atoms with van der Waals surface area (Å²) in [7, 11) is 0. The molecule has 6 heteroatoms. The van der Waals surface area contributed by atoms with Crippen molar-refractivity contribution in [3.05, 3.63) is 70.5 Å². The maximum Gasteiger partial charge on any atom is 0.308 e. The molecule has 23 heavy (non-hydrogen) atoms. The number of carboxylic acids is 1. The Hall–Kier alpha value is -2.40. The highest BCUT2D eigenvalue weighted by Gasteiger charge is 2.27. The number of amides is 1. The maximum atomic E-state index is 13.1. The van der Waals surface area contributed by atoms with Crippen LogP contribution in [0.15, 0.2) is 48.5 Å². The molecule has 120 valence electrons. The van der Waals surface area contributed by atoms with Crippen molar-refractivity contribution in [3.63, 3.8) is 0 Å². The SMILES string of the molecule is C[C@H](C(=O)O)[C@H](NC(=O)c1ccc(F)cc1Cl)c1ccccc1. The number of hydrogen-bond donors (Lipinski definition) is 2. The van der Waals surface area contributed by atoms with Gasteiger partial charge in [0, 0.05) is 0 Å². The summed E-state index contributed by atoms with van der Waals surface area (Å²) in [6, 6.07) is 11.5. The van der Waals surface area contributed by atoms with Crippen molar-refractivity contribution in [2.75, 3.05) is 0 Å². The molecule has 0 aliphatic heterocycles. The van der Waals surface area contributed by atoms with Crippen LogP contribution in [0.1, 0.15) is 28.9 Å². The van der Waals surface area contributed by atoms with Gasteiger partial charge in [0.2, 0.25) is 0 Å². The molecule has 0 bridgehead atoms. The lowest BCUT2D eigenvalue weighted by atomic mass is 9.94. The van der Waals surface area contributed by atoms with Gasteiger partial charge in [-0.05, 0) is 30.7 Å². The average molecular weight is 336 g/mol. The number of hydrogen-bond acceptors (Lipinski definition) is 2. The molecule has 0 saturated heterocycles. The predicted octanol–water partition coefficient (Wildman–Crippen LogP) is 3.67. The third-order valence-corrected chi connectivity index (χ3v) is 3.82. The van der Waals surface area contributed by atoms with Gasteiger partial charge < -0.3 is 10.4 Å². The molecule has 0 fully saturated rings. The minimum atomic E-state index is -1.04. The maximum absolute atomic E-state index is 13.1. The molecule has 0 aliphatic carbocycles. The minimum absolute atomic E-state index is 0.0303. The van der Waals surface area contributed by atoms with Gasteiger partial charge in [-0.15, -0.1) is 0 Å². The van der Waals surface area contributed by atoms with E-state index in [-0.39, 0.29) is 10.6 Å². The van der Waals surface area contributed by atoms with E-state index in [2.05, 4.69) is 5.32 Å². The lowest BCUT2D eigenvalue weighted by molar-refractivity contribution is -0.142. The molecule has 0 aliphatic rings. The number of rotatable bonds is 5. The predicted molar refractivity (Wildman–Crippen MR) is 84.9 cm³/mol. The quantitative estimate of drug-likeness (QED) is 0.876. The van der Waals surface area contributed by atoms with Crippen molar-refractivity contribution in [2.24, 2.45) is 5.92 Å². The molecule has 0 spiro atoms. The Bertz CT molecular complexity index is 721. The van der Waals surface area contributed by atoms with E-state index < -0.39 is 29.7 Å². The fraction of sp³-hybridized carbons (Fsp3) is 0.176. The topological polar surface area (TPSA) is 66.4 Å². The molecule has 0 radical (unpaired) electrons. The van der Waals surface area contributed by atoms with Crippen LogP contribution in [-0.2, 0) is 4.79 Å². The van der Waals surface area contributed by atoms with E-state index in [9.17, 15) is 19.1 Å². The molecule has 0 aromatic heterocycles. The molecule has 2 aromatic carbocycles. The Kier molecular flexibility index (Phi) is 5.34. The first-order chi connectivity index (χ1) is 10.9. The van der Waals surface area contributed by atoms with Crippen molar-refractivity contribution in [1.29, 1.82) is 0 Å². The van der Waals surface area contributed by atoms with Gasteiger partial charge in [0.15, 0.2) is 0 Å². The van der Waals surface area contributed by atoms with Crippen LogP contribution in [0.2, 0.25) is 5.02 Å².